The largest absolute Gasteiger partial charge is 0.104 e. The Morgan fingerprint density at radius 2 is 2.17 bits per heavy atom. The van der Waals surface area contributed by atoms with Crippen LogP contribution in [0.25, 0.3) is 0 Å². The first-order chi connectivity index (χ1) is 2.77. The molecule has 1 radical (unpaired) electrons. The minimum absolute atomic E-state index is 0.0730. The molecule has 0 atom stereocenters. The molecule has 0 aromatic heterocycles. The van der Waals surface area contributed by atoms with Gasteiger partial charge in [0.2, 0.25) is 0 Å². The summed E-state index contributed by atoms with van der Waals surface area (Å²) >= 11 is 0. The van der Waals surface area contributed by atoms with Crippen LogP contribution in [0.1, 0.15) is 6.42 Å². The van der Waals surface area contributed by atoms with Gasteiger partial charge in [-0.3, -0.25) is 0 Å². The molecule has 0 heterocycles. The SMILES string of the molecule is [CH2]CC=[Si](C)C. The van der Waals surface area contributed by atoms with Crippen LogP contribution in [0.15, 0.2) is 0 Å². The molecule has 0 nitrogen and oxygen atoms in total. The highest BCUT2D eigenvalue weighted by atomic mass is 28.2. The van der Waals surface area contributed by atoms with Crippen molar-refractivity contribution in [2.75, 3.05) is 0 Å². The lowest BCUT2D eigenvalue weighted by molar-refractivity contribution is 1.59. The summed E-state index contributed by atoms with van der Waals surface area (Å²) in [6.45, 7) is 8.22. The quantitative estimate of drug-likeness (QED) is 0.435. The van der Waals surface area contributed by atoms with Crippen LogP contribution in [0, 0.1) is 6.92 Å². The molecular weight excluding hydrogens is 88.1 g/mol. The second-order valence-corrected chi connectivity index (χ2v) is 4.13. The highest BCUT2D eigenvalue weighted by molar-refractivity contribution is 6.63. The molecule has 0 aliphatic rings. The van der Waals surface area contributed by atoms with Crippen molar-refractivity contribution in [1.82, 2.24) is 0 Å². The second-order valence-electron chi connectivity index (χ2n) is 1.57. The first-order valence-electron chi connectivity index (χ1n) is 2.20. The van der Waals surface area contributed by atoms with Gasteiger partial charge in [-0.15, -0.1) is 5.67 Å². The fraction of sp³-hybridized carbons (Fsp3) is 0.600. The van der Waals surface area contributed by atoms with Crippen LogP contribution in [0.3, 0.4) is 0 Å². The summed E-state index contributed by atoms with van der Waals surface area (Å²) in [5.74, 6) is 0. The summed E-state index contributed by atoms with van der Waals surface area (Å²) in [4.78, 5) is 0. The maximum absolute atomic E-state index is 3.70. The van der Waals surface area contributed by atoms with Crippen molar-refractivity contribution in [2.45, 2.75) is 19.5 Å². The van der Waals surface area contributed by atoms with Gasteiger partial charge in [-0.2, -0.15) is 0 Å². The van der Waals surface area contributed by atoms with Crippen LogP contribution in [-0.4, -0.2) is 14.1 Å². The lowest BCUT2D eigenvalue weighted by Crippen LogP contribution is -1.87. The van der Waals surface area contributed by atoms with E-state index >= 15 is 0 Å². The van der Waals surface area contributed by atoms with Gasteiger partial charge in [0, 0.05) is 0 Å². The van der Waals surface area contributed by atoms with Gasteiger partial charge in [-0.05, 0) is 21.8 Å². The highest BCUT2D eigenvalue weighted by Crippen LogP contribution is 1.65. The van der Waals surface area contributed by atoms with Crippen molar-refractivity contribution in [1.29, 1.82) is 0 Å². The molecule has 0 unspecified atom stereocenters. The Labute approximate surface area is 41.4 Å². The van der Waals surface area contributed by atoms with E-state index in [0.717, 1.165) is 6.42 Å². The first-order valence-corrected chi connectivity index (χ1v) is 4.77. The van der Waals surface area contributed by atoms with Gasteiger partial charge in [-0.25, -0.2) is 0 Å². The Bertz CT molecular complexity index is 51.0. The molecule has 0 aliphatic carbocycles. The maximum Gasteiger partial charge on any atom is -0.00133 e. The molecule has 0 N–H and O–H groups in total. The predicted octanol–water partition coefficient (Wildman–Crippen LogP) is 1.35. The smallest absolute Gasteiger partial charge is 0.00133 e. The van der Waals surface area contributed by atoms with Crippen LogP contribution in [0.5, 0.6) is 0 Å². The van der Waals surface area contributed by atoms with E-state index in [9.17, 15) is 0 Å². The van der Waals surface area contributed by atoms with Gasteiger partial charge in [0.25, 0.3) is 0 Å². The Kier molecular flexibility index (Phi) is 3.33. The zero-order valence-corrected chi connectivity index (χ0v) is 5.49. The minimum atomic E-state index is -0.0730. The van der Waals surface area contributed by atoms with Crippen molar-refractivity contribution in [3.05, 3.63) is 6.92 Å². The van der Waals surface area contributed by atoms with E-state index in [1.807, 2.05) is 0 Å². The van der Waals surface area contributed by atoms with Gasteiger partial charge in [0.05, 0.1) is 0 Å². The maximum atomic E-state index is 3.70. The summed E-state index contributed by atoms with van der Waals surface area (Å²) in [6, 6.07) is 0. The van der Waals surface area contributed by atoms with Gasteiger partial charge in [0.15, 0.2) is 0 Å². The molecule has 0 saturated carbocycles. The number of hydrogen-bond acceptors (Lipinski definition) is 0. The lowest BCUT2D eigenvalue weighted by atomic mass is 10.6. The zero-order chi connectivity index (χ0) is 4.99. The molecule has 35 valence electrons. The Morgan fingerprint density at radius 3 is 2.17 bits per heavy atom. The van der Waals surface area contributed by atoms with E-state index < -0.39 is 0 Å². The molecule has 0 aromatic rings. The Balaban J connectivity index is 3.14. The van der Waals surface area contributed by atoms with Crippen molar-refractivity contribution in [3.8, 4) is 0 Å². The van der Waals surface area contributed by atoms with E-state index in [1.54, 1.807) is 0 Å². The standard InChI is InChI=1S/C5H11Si/c1-4-5-6(2)3/h5H,1,4H2,2-3H3. The molecule has 0 aromatic carbocycles. The van der Waals surface area contributed by atoms with Crippen LogP contribution < -0.4 is 0 Å². The molecule has 0 amide bonds. The third kappa shape index (κ3) is 4.09. The fourth-order valence-electron chi connectivity index (χ4n) is 0.289. The Hall–Kier alpha value is 0.0869. The normalized spacial score (nSPS) is 7.83. The highest BCUT2D eigenvalue weighted by Gasteiger charge is 1.69. The summed E-state index contributed by atoms with van der Waals surface area (Å²) < 4.78 is 0. The van der Waals surface area contributed by atoms with Gasteiger partial charge in [0.1, 0.15) is 0 Å². The van der Waals surface area contributed by atoms with Gasteiger partial charge < -0.3 is 0 Å². The van der Waals surface area contributed by atoms with Crippen LogP contribution >= 0.6 is 0 Å². The molecule has 0 spiro atoms. The molecular formula is C5H11Si. The van der Waals surface area contributed by atoms with E-state index in [1.165, 1.54) is 0 Å². The second kappa shape index (κ2) is 3.28. The molecule has 0 fully saturated rings. The van der Waals surface area contributed by atoms with E-state index in [0.29, 0.717) is 0 Å². The van der Waals surface area contributed by atoms with Crippen molar-refractivity contribution >= 4 is 14.1 Å². The van der Waals surface area contributed by atoms with E-state index in [4.69, 9.17) is 0 Å². The monoisotopic (exact) mass is 99.1 g/mol. The molecule has 0 bridgehead atoms. The number of hydrogen-bond donors (Lipinski definition) is 0. The lowest BCUT2D eigenvalue weighted by Gasteiger charge is -1.78. The first kappa shape index (κ1) is 6.09. The van der Waals surface area contributed by atoms with E-state index in [2.05, 4.69) is 25.7 Å². The van der Waals surface area contributed by atoms with Gasteiger partial charge in [-0.1, -0.05) is 13.1 Å². The predicted molar refractivity (Wildman–Crippen MR) is 33.5 cm³/mol. The average Bonchev–Trinajstić information content (AvgIpc) is 1.35. The summed E-state index contributed by atoms with van der Waals surface area (Å²) in [7, 11) is -0.0730. The van der Waals surface area contributed by atoms with Gasteiger partial charge >= 0.3 is 0 Å². The summed E-state index contributed by atoms with van der Waals surface area (Å²) in [5, 5.41) is 0. The number of rotatable bonds is 1. The van der Waals surface area contributed by atoms with Crippen LogP contribution in [0.2, 0.25) is 13.1 Å². The fourth-order valence-corrected chi connectivity index (χ4v) is 0.866. The third-order valence-corrected chi connectivity index (χ3v) is 1.66. The molecule has 0 aliphatic heterocycles. The van der Waals surface area contributed by atoms with E-state index in [-0.39, 0.29) is 8.41 Å². The van der Waals surface area contributed by atoms with Crippen molar-refractivity contribution in [3.63, 3.8) is 0 Å². The van der Waals surface area contributed by atoms with Crippen LogP contribution in [0.4, 0.5) is 0 Å². The van der Waals surface area contributed by atoms with Crippen molar-refractivity contribution in [2.24, 2.45) is 0 Å². The van der Waals surface area contributed by atoms with Crippen molar-refractivity contribution < 1.29 is 0 Å². The zero-order valence-electron chi connectivity index (χ0n) is 4.49. The van der Waals surface area contributed by atoms with Crippen LogP contribution in [-0.2, 0) is 0 Å². The molecule has 6 heavy (non-hydrogen) atoms. The summed E-state index contributed by atoms with van der Waals surface area (Å²) in [5.41, 5.74) is 2.28. The molecule has 0 saturated heterocycles. The molecule has 0 rings (SSSR count). The Morgan fingerprint density at radius 1 is 1.67 bits per heavy atom. The third-order valence-electron chi connectivity index (χ3n) is 0.553. The summed E-state index contributed by atoms with van der Waals surface area (Å²) in [6.07, 6.45) is 1.00. The average molecular weight is 99.2 g/mol. The molecule has 1 heteroatoms. The topological polar surface area (TPSA) is 0 Å². The minimum Gasteiger partial charge on any atom is -0.104 e.